The number of aryl methyl sites for hydroxylation is 6. The molecule has 0 nitrogen and oxygen atoms in total. The lowest BCUT2D eigenvalue weighted by atomic mass is 9.87. The highest BCUT2D eigenvalue weighted by molar-refractivity contribution is 5.98. The smallest absolute Gasteiger partial charge is 0.00699 e. The Hall–Kier alpha value is -18.7. The summed E-state index contributed by atoms with van der Waals surface area (Å²) in [5.41, 5.74) is 53.3. The summed E-state index contributed by atoms with van der Waals surface area (Å²) >= 11 is 0. The summed E-state index contributed by atoms with van der Waals surface area (Å²) in [6.45, 7) is 12.9. The molecule has 0 radical (unpaired) electrons. The Morgan fingerprint density at radius 2 is 0.273 bits per heavy atom. The van der Waals surface area contributed by atoms with Crippen LogP contribution in [0.25, 0.3) is 200 Å². The highest BCUT2D eigenvalue weighted by Crippen LogP contribution is 2.47. The van der Waals surface area contributed by atoms with Crippen molar-refractivity contribution in [1.29, 1.82) is 0 Å². The number of hydrogen-bond donors (Lipinski definition) is 0. The molecule has 0 heteroatoms. The zero-order chi connectivity index (χ0) is 102. The van der Waals surface area contributed by atoms with Gasteiger partial charge in [0, 0.05) is 0 Å². The summed E-state index contributed by atoms with van der Waals surface area (Å²) in [4.78, 5) is 0. The summed E-state index contributed by atoms with van der Waals surface area (Å²) < 4.78 is 0. The van der Waals surface area contributed by atoms with E-state index in [9.17, 15) is 0 Å². The topological polar surface area (TPSA) is 0 Å². The van der Waals surface area contributed by atoms with Crippen LogP contribution in [0.5, 0.6) is 0 Å². The van der Waals surface area contributed by atoms with Gasteiger partial charge < -0.3 is 0 Å². The highest BCUT2D eigenvalue weighted by Gasteiger charge is 2.21. The SMILES string of the molecule is Cc1ccc(-c2ccccc2)c(-c2ccccc2-c2ccccc2)c1.Cc1ccc(-c2ccccc2-c2ccccc2-c2ccccc2)cc1.Cc1cccc(-c2cc(-c3ccccc3)cc(-c3ccccc3)c2)c1.Cc1cccc(-c2ccccc2)c1-c1ccccc1-c1ccccc1.Cc1cccc(-c2ccccc2-c2ccccc2-c2ccccc2)c1.Cc1ccccc1-c1ccccc1-c1ccccc1-c1ccccc1. The first-order chi connectivity index (χ1) is 74.0. The van der Waals surface area contributed by atoms with Gasteiger partial charge in [0.1, 0.15) is 0 Å². The first-order valence-electron chi connectivity index (χ1n) is 51.8. The summed E-state index contributed by atoms with van der Waals surface area (Å²) in [6.07, 6.45) is 0. The maximum absolute atomic E-state index is 2.30. The zero-order valence-corrected chi connectivity index (χ0v) is 85.9. The van der Waals surface area contributed by atoms with Crippen LogP contribution >= 0.6 is 0 Å². The van der Waals surface area contributed by atoms with Crippen LogP contribution in [0.1, 0.15) is 33.4 Å². The molecule has 0 unspecified atom stereocenters. The van der Waals surface area contributed by atoms with Crippen LogP contribution in [0.15, 0.2) is 619 Å². The van der Waals surface area contributed by atoms with Gasteiger partial charge in [0.05, 0.1) is 0 Å². The lowest BCUT2D eigenvalue weighted by Gasteiger charge is -2.17. The second-order valence-electron chi connectivity index (χ2n) is 37.9. The van der Waals surface area contributed by atoms with Gasteiger partial charge in [-0.3, -0.25) is 0 Å². The monoisotopic (exact) mass is 1920 g/mol. The molecule has 0 aliphatic rings. The summed E-state index contributed by atoms with van der Waals surface area (Å²) in [6, 6.07) is 220. The molecule has 0 fully saturated rings. The van der Waals surface area contributed by atoms with Crippen molar-refractivity contribution in [3.63, 3.8) is 0 Å². The van der Waals surface area contributed by atoms with Gasteiger partial charge in [0.2, 0.25) is 0 Å². The van der Waals surface area contributed by atoms with Crippen LogP contribution in [0.3, 0.4) is 0 Å². The fourth-order valence-electron chi connectivity index (χ4n) is 20.1. The molecule has 0 spiro atoms. The van der Waals surface area contributed by atoms with Crippen molar-refractivity contribution >= 4 is 0 Å². The van der Waals surface area contributed by atoms with Crippen LogP contribution in [0.4, 0.5) is 0 Å². The second-order valence-corrected chi connectivity index (χ2v) is 37.9. The Bertz CT molecular complexity index is 8450. The molecule has 0 saturated carbocycles. The molecule has 0 saturated heterocycles. The quantitative estimate of drug-likeness (QED) is 0.0803. The van der Waals surface area contributed by atoms with Gasteiger partial charge in [-0.2, -0.15) is 0 Å². The van der Waals surface area contributed by atoms with Crippen LogP contribution in [0, 0.1) is 41.5 Å². The normalized spacial score (nSPS) is 10.6. The number of hydrogen-bond acceptors (Lipinski definition) is 0. The van der Waals surface area contributed by atoms with Crippen LogP contribution in [-0.2, 0) is 0 Å². The minimum atomic E-state index is 1.24. The molecule has 24 aromatic carbocycles. The third kappa shape index (κ3) is 24.7. The Balaban J connectivity index is 0.000000113. The zero-order valence-electron chi connectivity index (χ0n) is 85.9. The fourth-order valence-corrected chi connectivity index (χ4v) is 20.1. The molecule has 0 aliphatic carbocycles. The third-order valence-electron chi connectivity index (χ3n) is 27.5. The van der Waals surface area contributed by atoms with Crippen LogP contribution < -0.4 is 0 Å². The number of rotatable bonds is 18. The molecule has 0 aromatic heterocycles. The largest absolute Gasteiger partial charge is 0.0622 e. The fraction of sp³-hybridized carbons (Fsp3) is 0.0400. The van der Waals surface area contributed by atoms with Crippen molar-refractivity contribution < 1.29 is 0 Å². The maximum atomic E-state index is 2.30. The summed E-state index contributed by atoms with van der Waals surface area (Å²) in [7, 11) is 0. The van der Waals surface area contributed by atoms with E-state index in [4.69, 9.17) is 0 Å². The van der Waals surface area contributed by atoms with E-state index in [2.05, 4.69) is 660 Å². The van der Waals surface area contributed by atoms with Gasteiger partial charge in [0.25, 0.3) is 0 Å². The van der Waals surface area contributed by atoms with E-state index in [1.54, 1.807) is 0 Å². The molecule has 0 heterocycles. The minimum Gasteiger partial charge on any atom is -0.0622 e. The first-order valence-corrected chi connectivity index (χ1v) is 51.8. The predicted molar refractivity (Wildman–Crippen MR) is 645 cm³/mol. The molecule has 0 bridgehead atoms. The molecule has 0 atom stereocenters. The van der Waals surface area contributed by atoms with E-state index < -0.39 is 0 Å². The van der Waals surface area contributed by atoms with Gasteiger partial charge in [-0.25, -0.2) is 0 Å². The molecule has 24 rings (SSSR count). The van der Waals surface area contributed by atoms with E-state index in [-0.39, 0.29) is 0 Å². The van der Waals surface area contributed by atoms with Gasteiger partial charge in [0.15, 0.2) is 0 Å². The Morgan fingerprint density at radius 3 is 0.607 bits per heavy atom. The van der Waals surface area contributed by atoms with Gasteiger partial charge in [-0.15, -0.1) is 0 Å². The highest BCUT2D eigenvalue weighted by atomic mass is 14.2. The van der Waals surface area contributed by atoms with Gasteiger partial charge in [-0.1, -0.05) is 623 Å². The van der Waals surface area contributed by atoms with Crippen molar-refractivity contribution in [2.24, 2.45) is 0 Å². The molecule has 720 valence electrons. The first kappa shape index (κ1) is 100.0. The van der Waals surface area contributed by atoms with Crippen molar-refractivity contribution in [2.45, 2.75) is 41.5 Å². The molecule has 0 N–H and O–H groups in total. The minimum absolute atomic E-state index is 1.24. The molecule has 150 heavy (non-hydrogen) atoms. The molecule has 0 aliphatic heterocycles. The van der Waals surface area contributed by atoms with E-state index in [1.165, 1.54) is 234 Å². The summed E-state index contributed by atoms with van der Waals surface area (Å²) in [5, 5.41) is 0. The van der Waals surface area contributed by atoms with E-state index in [0.29, 0.717) is 0 Å². The van der Waals surface area contributed by atoms with E-state index in [1.807, 2.05) is 0 Å². The van der Waals surface area contributed by atoms with Gasteiger partial charge in [-0.05, 0) is 271 Å². The van der Waals surface area contributed by atoms with Crippen LogP contribution in [-0.4, -0.2) is 0 Å². The molecule has 24 aromatic rings. The molecular weight excluding hydrogens is 1800 g/mol. The van der Waals surface area contributed by atoms with Crippen molar-refractivity contribution in [2.75, 3.05) is 0 Å². The average Bonchev–Trinajstić information content (AvgIpc) is 0.720. The molecular formula is C150H120. The molecule has 0 amide bonds. The lowest BCUT2D eigenvalue weighted by molar-refractivity contribution is 1.45. The van der Waals surface area contributed by atoms with Gasteiger partial charge >= 0.3 is 0 Å². The Morgan fingerprint density at radius 1 is 0.0800 bits per heavy atom. The van der Waals surface area contributed by atoms with E-state index >= 15 is 0 Å². The third-order valence-corrected chi connectivity index (χ3v) is 27.5. The Kier molecular flexibility index (Phi) is 33.1. The standard InChI is InChI=1S/6C25H20/c1-19-11-10-18-23(21-14-6-3-7-15-21)25(19)24-17-9-8-16-22(24)20-12-4-2-5-13-20;1-19-9-8-14-22(15-19)25-17-23(20-10-4-2-5-11-20)16-24(18-25)21-12-6-3-7-13-21;1-19-16-17-23(21-12-6-3-7-13-21)25(18-19)24-15-9-8-14-22(24)20-10-4-2-5-11-20;1-19-10-9-13-21(18-19)23-15-6-8-17-25(23)24-16-7-5-14-22(24)20-11-3-2-4-12-20;1-19-15-17-21(18-16-19)23-12-6-8-14-25(23)24-13-7-5-11-22(24)20-9-3-2-4-10-20;1-19-11-5-6-14-21(19)23-16-9-10-18-25(23)24-17-8-7-15-22(24)20-12-3-2-4-13-20/h6*2-18H,1H3. The summed E-state index contributed by atoms with van der Waals surface area (Å²) in [5.74, 6) is 0. The maximum Gasteiger partial charge on any atom is -0.00699 e. The van der Waals surface area contributed by atoms with Crippen LogP contribution in [0.2, 0.25) is 0 Å². The van der Waals surface area contributed by atoms with Crippen molar-refractivity contribution in [3.05, 3.63) is 652 Å². The Labute approximate surface area is 887 Å². The van der Waals surface area contributed by atoms with E-state index in [0.717, 1.165) is 0 Å². The van der Waals surface area contributed by atoms with Crippen molar-refractivity contribution in [1.82, 2.24) is 0 Å². The lowest BCUT2D eigenvalue weighted by Crippen LogP contribution is -1.92. The second kappa shape index (κ2) is 49.7. The number of benzene rings is 24. The average molecular weight is 1920 g/mol. The predicted octanol–water partition coefficient (Wildman–Crippen LogP) is 42.0. The van der Waals surface area contributed by atoms with Crippen molar-refractivity contribution in [3.8, 4) is 200 Å².